The van der Waals surface area contributed by atoms with Gasteiger partial charge < -0.3 is 15.5 Å². The third-order valence-corrected chi connectivity index (χ3v) is 7.62. The minimum absolute atomic E-state index is 0.122. The van der Waals surface area contributed by atoms with Gasteiger partial charge in [0.25, 0.3) is 11.6 Å². The van der Waals surface area contributed by atoms with E-state index in [0.29, 0.717) is 53.2 Å². The molecule has 43 heavy (non-hydrogen) atoms. The van der Waals surface area contributed by atoms with Crippen molar-refractivity contribution < 1.29 is 24.1 Å². The zero-order chi connectivity index (χ0) is 30.1. The van der Waals surface area contributed by atoms with Gasteiger partial charge in [-0.15, -0.1) is 0 Å². The van der Waals surface area contributed by atoms with Gasteiger partial charge >= 0.3 is 6.03 Å². The number of imide groups is 1. The van der Waals surface area contributed by atoms with Gasteiger partial charge in [-0.3, -0.25) is 34.8 Å². The average molecular weight is 579 g/mol. The van der Waals surface area contributed by atoms with Gasteiger partial charge in [0.2, 0.25) is 11.8 Å². The number of rotatable bonds is 8. The number of nitro groups is 1. The Hall–Kier alpha value is -5.65. The largest absolute Gasteiger partial charge is 0.342 e. The van der Waals surface area contributed by atoms with Crippen molar-refractivity contribution in [1.29, 1.82) is 0 Å². The minimum atomic E-state index is -0.901. The fourth-order valence-electron chi connectivity index (χ4n) is 5.41. The molecule has 216 valence electrons. The SMILES string of the molecule is O=C1NC(=O)C(=Cc2ccc(N=C(c3ccc(CCN4CCCC4=O)cc3)C3C(=O)Nc4ccc([N+](=O)[O-])cc43)cc2)N1. The first-order chi connectivity index (χ1) is 20.7. The van der Waals surface area contributed by atoms with Crippen LogP contribution < -0.4 is 16.0 Å². The van der Waals surface area contributed by atoms with E-state index >= 15 is 0 Å². The molecule has 0 saturated carbocycles. The summed E-state index contributed by atoms with van der Waals surface area (Å²) in [6.45, 7) is 1.41. The maximum absolute atomic E-state index is 13.3. The number of nitrogens with zero attached hydrogens (tertiary/aromatic N) is 3. The Labute approximate surface area is 245 Å². The highest BCUT2D eigenvalue weighted by Crippen LogP contribution is 2.38. The van der Waals surface area contributed by atoms with E-state index in [4.69, 9.17) is 4.99 Å². The number of benzene rings is 3. The summed E-state index contributed by atoms with van der Waals surface area (Å²) >= 11 is 0. The molecular weight excluding hydrogens is 552 g/mol. The summed E-state index contributed by atoms with van der Waals surface area (Å²) in [7, 11) is 0. The zero-order valence-corrected chi connectivity index (χ0v) is 22.8. The van der Waals surface area contributed by atoms with Crippen LogP contribution in [0.3, 0.4) is 0 Å². The highest BCUT2D eigenvalue weighted by Gasteiger charge is 2.36. The van der Waals surface area contributed by atoms with Crippen LogP contribution in [0.2, 0.25) is 0 Å². The number of nitrogens with one attached hydrogen (secondary N) is 3. The standard InChI is InChI=1S/C31H26N6O6/c38-26-2-1-14-36(26)15-13-18-3-7-20(8-4-18)28(27-23-17-22(37(42)43)11-12-24(23)33-30(27)40)32-21-9-5-19(6-10-21)16-25-29(39)35-31(41)34-25/h3-12,16-17,27H,1-2,13-15H2,(H,33,40)(H2,34,35,39,41). The van der Waals surface area contributed by atoms with Gasteiger partial charge in [0.05, 0.1) is 16.3 Å². The summed E-state index contributed by atoms with van der Waals surface area (Å²) in [5, 5.41) is 18.9. The van der Waals surface area contributed by atoms with Crippen molar-refractivity contribution in [1.82, 2.24) is 15.5 Å². The van der Waals surface area contributed by atoms with Crippen LogP contribution in [0, 0.1) is 10.1 Å². The molecule has 3 aliphatic rings. The van der Waals surface area contributed by atoms with Crippen LogP contribution in [0.1, 0.15) is 41.0 Å². The molecule has 6 rings (SSSR count). The molecule has 0 aliphatic carbocycles. The van der Waals surface area contributed by atoms with E-state index in [1.165, 1.54) is 24.3 Å². The van der Waals surface area contributed by atoms with Crippen LogP contribution in [0.15, 0.2) is 77.4 Å². The number of carbonyl (C=O) groups is 4. The summed E-state index contributed by atoms with van der Waals surface area (Å²) in [4.78, 5) is 66.3. The first kappa shape index (κ1) is 27.5. The van der Waals surface area contributed by atoms with Crippen molar-refractivity contribution in [2.24, 2.45) is 4.99 Å². The van der Waals surface area contributed by atoms with Crippen LogP contribution in [-0.4, -0.2) is 52.4 Å². The van der Waals surface area contributed by atoms with Crippen LogP contribution in [-0.2, 0) is 20.8 Å². The number of amides is 5. The lowest BCUT2D eigenvalue weighted by atomic mass is 9.90. The lowest BCUT2D eigenvalue weighted by Gasteiger charge is -2.16. The second kappa shape index (κ2) is 11.3. The molecule has 12 heteroatoms. The van der Waals surface area contributed by atoms with Gasteiger partial charge in [-0.05, 0) is 53.8 Å². The first-order valence-corrected chi connectivity index (χ1v) is 13.7. The normalized spacial score (nSPS) is 19.0. The number of non-ortho nitro benzene ring substituents is 1. The number of nitro benzene ring substituents is 1. The molecule has 3 heterocycles. The maximum Gasteiger partial charge on any atom is 0.326 e. The van der Waals surface area contributed by atoms with Gasteiger partial charge in [0, 0.05) is 42.9 Å². The molecule has 2 fully saturated rings. The van der Waals surface area contributed by atoms with Crippen LogP contribution in [0.4, 0.5) is 21.9 Å². The van der Waals surface area contributed by atoms with Gasteiger partial charge in [-0.1, -0.05) is 36.4 Å². The molecule has 0 aromatic heterocycles. The van der Waals surface area contributed by atoms with E-state index in [9.17, 15) is 29.3 Å². The molecule has 12 nitrogen and oxygen atoms in total. The van der Waals surface area contributed by atoms with Gasteiger partial charge in [0.1, 0.15) is 11.6 Å². The van der Waals surface area contributed by atoms with Crippen LogP contribution >= 0.6 is 0 Å². The topological polar surface area (TPSA) is 163 Å². The third-order valence-electron chi connectivity index (χ3n) is 7.62. The minimum Gasteiger partial charge on any atom is -0.342 e. The van der Waals surface area contributed by atoms with Gasteiger partial charge in [-0.2, -0.15) is 0 Å². The smallest absolute Gasteiger partial charge is 0.326 e. The summed E-state index contributed by atoms with van der Waals surface area (Å²) < 4.78 is 0. The number of fused-ring (bicyclic) bond motifs is 1. The predicted octanol–water partition coefficient (Wildman–Crippen LogP) is 3.80. The van der Waals surface area contributed by atoms with E-state index in [1.807, 2.05) is 29.2 Å². The second-order valence-electron chi connectivity index (χ2n) is 10.4. The van der Waals surface area contributed by atoms with E-state index in [0.717, 1.165) is 18.5 Å². The van der Waals surface area contributed by atoms with Crippen molar-refractivity contribution in [3.63, 3.8) is 0 Å². The Morgan fingerprint density at radius 2 is 1.74 bits per heavy atom. The predicted molar refractivity (Wildman–Crippen MR) is 158 cm³/mol. The van der Waals surface area contributed by atoms with E-state index < -0.39 is 22.8 Å². The van der Waals surface area contributed by atoms with Crippen LogP contribution in [0.25, 0.3) is 6.08 Å². The number of carbonyl (C=O) groups excluding carboxylic acids is 4. The Bertz CT molecular complexity index is 1730. The summed E-state index contributed by atoms with van der Waals surface area (Å²) in [5.74, 6) is -1.60. The number of likely N-dealkylation sites (tertiary alicyclic amines) is 1. The second-order valence-corrected chi connectivity index (χ2v) is 10.4. The van der Waals surface area contributed by atoms with Gasteiger partial charge in [0.15, 0.2) is 0 Å². The molecule has 3 N–H and O–H groups in total. The van der Waals surface area contributed by atoms with Crippen molar-refractivity contribution >= 4 is 52.6 Å². The molecule has 3 aromatic carbocycles. The molecule has 3 aliphatic heterocycles. The van der Waals surface area contributed by atoms with Crippen molar-refractivity contribution in [3.05, 3.63) is 105 Å². The maximum atomic E-state index is 13.3. The molecule has 2 saturated heterocycles. The Morgan fingerprint density at radius 1 is 0.977 bits per heavy atom. The lowest BCUT2D eigenvalue weighted by molar-refractivity contribution is -0.384. The third kappa shape index (κ3) is 5.75. The molecule has 0 bridgehead atoms. The molecular formula is C31H26N6O6. The molecule has 5 amide bonds. The number of hydrogen-bond acceptors (Lipinski definition) is 7. The Balaban J connectivity index is 1.34. The van der Waals surface area contributed by atoms with E-state index in [-0.39, 0.29) is 23.2 Å². The molecule has 0 spiro atoms. The zero-order valence-electron chi connectivity index (χ0n) is 22.8. The first-order valence-electron chi connectivity index (χ1n) is 13.7. The molecule has 1 atom stereocenters. The highest BCUT2D eigenvalue weighted by atomic mass is 16.6. The Morgan fingerprint density at radius 3 is 2.40 bits per heavy atom. The van der Waals surface area contributed by atoms with Crippen LogP contribution in [0.5, 0.6) is 0 Å². The number of hydrogen-bond donors (Lipinski definition) is 3. The molecule has 0 radical (unpaired) electrons. The average Bonchev–Trinajstić information content (AvgIpc) is 3.66. The monoisotopic (exact) mass is 578 g/mol. The van der Waals surface area contributed by atoms with Gasteiger partial charge in [-0.25, -0.2) is 4.79 Å². The quantitative estimate of drug-likeness (QED) is 0.121. The number of anilines is 1. The molecule has 1 unspecified atom stereocenters. The summed E-state index contributed by atoms with van der Waals surface area (Å²) in [6, 6.07) is 18.1. The summed E-state index contributed by atoms with van der Waals surface area (Å²) in [5.41, 5.74) is 4.19. The lowest BCUT2D eigenvalue weighted by Crippen LogP contribution is -2.26. The Kier molecular flexibility index (Phi) is 7.24. The van der Waals surface area contributed by atoms with Crippen molar-refractivity contribution in [3.8, 4) is 0 Å². The molecule has 3 aromatic rings. The fourth-order valence-corrected chi connectivity index (χ4v) is 5.41. The number of urea groups is 1. The van der Waals surface area contributed by atoms with Crippen molar-refractivity contribution in [2.75, 3.05) is 18.4 Å². The summed E-state index contributed by atoms with van der Waals surface area (Å²) in [6.07, 6.45) is 3.69. The highest BCUT2D eigenvalue weighted by molar-refractivity contribution is 6.24. The van der Waals surface area contributed by atoms with Crippen molar-refractivity contribution in [2.45, 2.75) is 25.2 Å². The fraction of sp³-hybridized carbons (Fsp3) is 0.194. The number of aliphatic imine (C=N–C) groups is 1. The van der Waals surface area contributed by atoms with E-state index in [2.05, 4.69) is 16.0 Å². The van der Waals surface area contributed by atoms with E-state index in [1.54, 1.807) is 24.3 Å².